The van der Waals surface area contributed by atoms with Crippen molar-refractivity contribution in [1.29, 1.82) is 0 Å². The number of carbonyl (C=O) groups excluding carboxylic acids is 5. The van der Waals surface area contributed by atoms with Crippen molar-refractivity contribution in [3.8, 4) is 0 Å². The van der Waals surface area contributed by atoms with E-state index in [2.05, 4.69) is 27.8 Å². The molecule has 40 heavy (non-hydrogen) atoms. The summed E-state index contributed by atoms with van der Waals surface area (Å²) in [5.74, 6) is -2.54. The molecule has 12 heteroatoms. The van der Waals surface area contributed by atoms with Gasteiger partial charge in [-0.1, -0.05) is 46.8 Å². The number of nitrogens with one attached hydrogen (secondary N) is 4. The normalized spacial score (nSPS) is 20.1. The van der Waals surface area contributed by atoms with E-state index in [-0.39, 0.29) is 18.5 Å². The molecule has 0 aromatic carbocycles. The summed E-state index contributed by atoms with van der Waals surface area (Å²) < 4.78 is 0. The van der Waals surface area contributed by atoms with Gasteiger partial charge in [-0.2, -0.15) is 0 Å². The molecular formula is C28H44N6O6. The van der Waals surface area contributed by atoms with Crippen molar-refractivity contribution in [2.24, 2.45) is 11.3 Å². The van der Waals surface area contributed by atoms with Crippen molar-refractivity contribution < 1.29 is 29.1 Å². The fourth-order valence-corrected chi connectivity index (χ4v) is 4.43. The van der Waals surface area contributed by atoms with E-state index in [0.717, 1.165) is 0 Å². The summed E-state index contributed by atoms with van der Waals surface area (Å²) in [4.78, 5) is 66.6. The van der Waals surface area contributed by atoms with Gasteiger partial charge in [-0.05, 0) is 36.3 Å². The van der Waals surface area contributed by atoms with Crippen LogP contribution in [0.25, 0.3) is 0 Å². The first-order valence-corrected chi connectivity index (χ1v) is 13.6. The van der Waals surface area contributed by atoms with Crippen LogP contribution in [0.2, 0.25) is 0 Å². The second-order valence-electron chi connectivity index (χ2n) is 11.4. The van der Waals surface area contributed by atoms with Crippen LogP contribution in [0.4, 0.5) is 4.79 Å². The number of likely N-dealkylation sites (tertiary alicyclic amines) is 1. The average molecular weight is 561 g/mol. The molecule has 0 aliphatic carbocycles. The van der Waals surface area contributed by atoms with Gasteiger partial charge in [0.1, 0.15) is 18.3 Å². The van der Waals surface area contributed by atoms with Crippen LogP contribution in [0, 0.1) is 11.3 Å². The van der Waals surface area contributed by atoms with E-state index in [1.807, 2.05) is 34.6 Å². The third-order valence-electron chi connectivity index (χ3n) is 6.85. The molecule has 2 aliphatic rings. The molecule has 1 fully saturated rings. The fourth-order valence-electron chi connectivity index (χ4n) is 4.43. The van der Waals surface area contributed by atoms with E-state index < -0.39 is 59.8 Å². The number of allylic oxidation sites excluding steroid dienone is 2. The predicted octanol–water partition coefficient (Wildman–Crippen LogP) is 0.407. The van der Waals surface area contributed by atoms with Crippen LogP contribution in [0.1, 0.15) is 47.5 Å². The lowest BCUT2D eigenvalue weighted by atomic mass is 9.85. The molecule has 0 aromatic heterocycles. The Hall–Kier alpha value is -3.67. The van der Waals surface area contributed by atoms with Crippen LogP contribution in [0.5, 0.6) is 0 Å². The number of aliphatic hydroxyl groups is 1. The van der Waals surface area contributed by atoms with E-state index in [1.165, 1.54) is 11.0 Å². The monoisotopic (exact) mass is 560 g/mol. The van der Waals surface area contributed by atoms with Gasteiger partial charge in [0.2, 0.25) is 17.6 Å². The number of Topliss-reactive ketones (excluding diaryl/α,β-unsaturated/α-hetero) is 1. The molecule has 0 spiro atoms. The highest BCUT2D eigenvalue weighted by Gasteiger charge is 2.42. The van der Waals surface area contributed by atoms with Crippen LogP contribution in [-0.2, 0) is 19.2 Å². The maximum Gasteiger partial charge on any atom is 0.315 e. The second kappa shape index (κ2) is 14.6. The Kier molecular flexibility index (Phi) is 11.9. The summed E-state index contributed by atoms with van der Waals surface area (Å²) in [6, 6.07) is -2.62. The Labute approximate surface area is 236 Å². The third kappa shape index (κ3) is 9.22. The minimum atomic E-state index is -0.941. The maximum absolute atomic E-state index is 13.7. The molecule has 2 aliphatic heterocycles. The first-order chi connectivity index (χ1) is 18.8. The number of hydrogen-bond donors (Lipinski definition) is 5. The summed E-state index contributed by atoms with van der Waals surface area (Å²) in [6.45, 7) is 13.2. The van der Waals surface area contributed by atoms with E-state index in [4.69, 9.17) is 0 Å². The number of rotatable bonds is 12. The maximum atomic E-state index is 13.7. The lowest BCUT2D eigenvalue weighted by Gasteiger charge is -2.36. The Bertz CT molecular complexity index is 1020. The molecule has 0 radical (unpaired) electrons. The van der Waals surface area contributed by atoms with E-state index in [1.54, 1.807) is 29.3 Å². The van der Waals surface area contributed by atoms with Gasteiger partial charge in [0.15, 0.2) is 0 Å². The molecule has 2 heterocycles. The van der Waals surface area contributed by atoms with Gasteiger partial charge in [-0.3, -0.25) is 19.2 Å². The van der Waals surface area contributed by atoms with Gasteiger partial charge in [-0.25, -0.2) is 4.79 Å². The Morgan fingerprint density at radius 3 is 2.40 bits per heavy atom. The molecule has 0 saturated carbocycles. The topological polar surface area (TPSA) is 160 Å². The lowest BCUT2D eigenvalue weighted by molar-refractivity contribution is -0.142. The largest absolute Gasteiger partial charge is 0.370 e. The fraction of sp³-hybridized carbons (Fsp3) is 0.607. The van der Waals surface area contributed by atoms with Crippen molar-refractivity contribution >= 4 is 29.5 Å². The van der Waals surface area contributed by atoms with Crippen molar-refractivity contribution in [2.75, 3.05) is 26.2 Å². The van der Waals surface area contributed by atoms with Crippen molar-refractivity contribution in [2.45, 2.75) is 71.8 Å². The standard InChI is InChI=1S/C28H44N6O6/c1-7-13-29-25(38)21(35)16-30-24(37)20-11-10-15-34(20)26(39)23(28(4,5)6)32-27(40)31-19(18(2)3)17-33-14-9-8-12-22(33)36/h7-9,12,14,18-20,22-23,36H,1,10-11,13,15-17H2,2-6H3,(H,29,38)(H,30,37)(H2,31,32,40)/t19-,20+,22?,23-/m1/s1. The quantitative estimate of drug-likeness (QED) is 0.171. The number of amides is 5. The van der Waals surface area contributed by atoms with Gasteiger partial charge >= 0.3 is 6.03 Å². The average Bonchev–Trinajstić information content (AvgIpc) is 3.38. The lowest BCUT2D eigenvalue weighted by Crippen LogP contribution is -2.60. The highest BCUT2D eigenvalue weighted by atomic mass is 16.3. The molecule has 222 valence electrons. The number of carbonyl (C=O) groups is 5. The van der Waals surface area contributed by atoms with Gasteiger partial charge in [0, 0.05) is 25.8 Å². The van der Waals surface area contributed by atoms with Gasteiger partial charge < -0.3 is 36.2 Å². The number of ketones is 1. The van der Waals surface area contributed by atoms with Crippen LogP contribution >= 0.6 is 0 Å². The number of hydrogen-bond acceptors (Lipinski definition) is 7. The zero-order chi connectivity index (χ0) is 30.0. The summed E-state index contributed by atoms with van der Waals surface area (Å²) >= 11 is 0. The van der Waals surface area contributed by atoms with Crippen LogP contribution < -0.4 is 21.3 Å². The van der Waals surface area contributed by atoms with Crippen molar-refractivity contribution in [3.05, 3.63) is 37.1 Å². The van der Waals surface area contributed by atoms with E-state index in [9.17, 15) is 29.1 Å². The van der Waals surface area contributed by atoms with Gasteiger partial charge in [0.05, 0.1) is 12.6 Å². The first kappa shape index (κ1) is 32.5. The third-order valence-corrected chi connectivity index (χ3v) is 6.85. The molecule has 5 N–H and O–H groups in total. The summed E-state index contributed by atoms with van der Waals surface area (Å²) in [5, 5.41) is 20.8. The molecule has 0 bridgehead atoms. The second-order valence-corrected chi connectivity index (χ2v) is 11.4. The SMILES string of the molecule is C=CCNC(=O)C(=O)CNC(=O)[C@@H]1CCCN1C(=O)[C@@H](NC(=O)N[C@H](CN1C=CC=CC1O)C(C)C)C(C)(C)C. The van der Waals surface area contributed by atoms with Crippen molar-refractivity contribution in [3.63, 3.8) is 0 Å². The molecule has 0 aromatic rings. The number of urea groups is 1. The summed E-state index contributed by atoms with van der Waals surface area (Å²) in [7, 11) is 0. The molecular weight excluding hydrogens is 516 g/mol. The zero-order valence-corrected chi connectivity index (χ0v) is 24.1. The highest BCUT2D eigenvalue weighted by molar-refractivity contribution is 6.37. The number of nitrogens with zero attached hydrogens (tertiary/aromatic N) is 2. The van der Waals surface area contributed by atoms with E-state index >= 15 is 0 Å². The van der Waals surface area contributed by atoms with Crippen LogP contribution in [0.15, 0.2) is 37.1 Å². The summed E-state index contributed by atoms with van der Waals surface area (Å²) in [5.41, 5.74) is -0.679. The van der Waals surface area contributed by atoms with Gasteiger partial charge in [0.25, 0.3) is 5.91 Å². The Balaban J connectivity index is 2.06. The smallest absolute Gasteiger partial charge is 0.315 e. The molecule has 2 rings (SSSR count). The van der Waals surface area contributed by atoms with Crippen molar-refractivity contribution in [1.82, 2.24) is 31.1 Å². The summed E-state index contributed by atoms with van der Waals surface area (Å²) in [6.07, 6.45) is 8.55. The minimum absolute atomic E-state index is 0.0364. The minimum Gasteiger partial charge on any atom is -0.370 e. The Morgan fingerprint density at radius 2 is 1.80 bits per heavy atom. The molecule has 1 unspecified atom stereocenters. The number of aliphatic hydroxyl groups excluding tert-OH is 1. The molecule has 1 saturated heterocycles. The first-order valence-electron chi connectivity index (χ1n) is 13.6. The predicted molar refractivity (Wildman–Crippen MR) is 150 cm³/mol. The highest BCUT2D eigenvalue weighted by Crippen LogP contribution is 2.26. The zero-order valence-electron chi connectivity index (χ0n) is 24.1. The van der Waals surface area contributed by atoms with E-state index in [0.29, 0.717) is 25.9 Å². The van der Waals surface area contributed by atoms with Crippen LogP contribution in [-0.4, -0.2) is 95.0 Å². The molecule has 5 amide bonds. The van der Waals surface area contributed by atoms with Gasteiger partial charge in [-0.15, -0.1) is 6.58 Å². The Morgan fingerprint density at radius 1 is 1.10 bits per heavy atom. The molecule has 12 nitrogen and oxygen atoms in total. The molecule has 4 atom stereocenters. The van der Waals surface area contributed by atoms with Crippen LogP contribution in [0.3, 0.4) is 0 Å².